The second-order valence-corrected chi connectivity index (χ2v) is 8.73. The zero-order chi connectivity index (χ0) is 24.2. The molecular formula is C24H28F2N8O. The van der Waals surface area contributed by atoms with Crippen LogP contribution in [0.4, 0.5) is 32.1 Å². The van der Waals surface area contributed by atoms with Gasteiger partial charge in [-0.3, -0.25) is 4.98 Å². The number of anilines is 4. The Kier molecular flexibility index (Phi) is 6.82. The predicted molar refractivity (Wildman–Crippen MR) is 128 cm³/mol. The van der Waals surface area contributed by atoms with Gasteiger partial charge in [-0.15, -0.1) is 0 Å². The first-order chi connectivity index (χ1) is 17.1. The molecule has 11 heteroatoms. The van der Waals surface area contributed by atoms with Crippen molar-refractivity contribution in [1.29, 1.82) is 0 Å². The van der Waals surface area contributed by atoms with Gasteiger partial charge in [0.2, 0.25) is 11.7 Å². The Morgan fingerprint density at radius 1 is 1.00 bits per heavy atom. The number of nitrogens with zero attached hydrogens (tertiary/aromatic N) is 7. The number of ether oxygens (including phenoxy) is 1. The van der Waals surface area contributed by atoms with E-state index in [2.05, 4.69) is 47.0 Å². The fourth-order valence-electron chi connectivity index (χ4n) is 4.62. The van der Waals surface area contributed by atoms with Crippen LogP contribution in [0.5, 0.6) is 5.75 Å². The highest BCUT2D eigenvalue weighted by molar-refractivity contribution is 5.71. The maximum atomic E-state index is 14.2. The van der Waals surface area contributed by atoms with Gasteiger partial charge >= 0.3 is 0 Å². The standard InChI is InChI=1S/C24H28F2N8O/c1-2-4-16-11-28-24(29-12-16)33-8-5-17(6-9-33)34-7-3-10-35-21-22(30-15-31-23(21)34)32-20-18(25)13-27-14-19(20)26/h11-15,17H,2-10H2,1H3,(H,27,30,31,32). The van der Waals surface area contributed by atoms with Crippen LogP contribution in [0.2, 0.25) is 0 Å². The van der Waals surface area contributed by atoms with Crippen molar-refractivity contribution in [3.05, 3.63) is 48.3 Å². The van der Waals surface area contributed by atoms with Crippen molar-refractivity contribution < 1.29 is 13.5 Å². The maximum absolute atomic E-state index is 14.2. The monoisotopic (exact) mass is 482 g/mol. The van der Waals surface area contributed by atoms with Crippen LogP contribution >= 0.6 is 0 Å². The van der Waals surface area contributed by atoms with Gasteiger partial charge in [0.25, 0.3) is 0 Å². The van der Waals surface area contributed by atoms with Gasteiger partial charge in [-0.1, -0.05) is 13.3 Å². The molecule has 2 aliphatic heterocycles. The van der Waals surface area contributed by atoms with Crippen molar-refractivity contribution in [3.8, 4) is 5.75 Å². The molecule has 5 heterocycles. The number of aromatic nitrogens is 5. The Labute approximate surface area is 202 Å². The zero-order valence-corrected chi connectivity index (χ0v) is 19.6. The molecular weight excluding hydrogens is 454 g/mol. The van der Waals surface area contributed by atoms with Crippen LogP contribution in [0.25, 0.3) is 0 Å². The SMILES string of the molecule is CCCc1cnc(N2CCC(N3CCCOc4c(Nc5c(F)cncc5F)ncnc43)CC2)nc1. The fourth-order valence-corrected chi connectivity index (χ4v) is 4.62. The summed E-state index contributed by atoms with van der Waals surface area (Å²) in [4.78, 5) is 25.8. The molecule has 0 unspecified atom stereocenters. The summed E-state index contributed by atoms with van der Waals surface area (Å²) < 4.78 is 34.3. The molecule has 2 aliphatic rings. The molecule has 0 radical (unpaired) electrons. The first-order valence-corrected chi connectivity index (χ1v) is 12.0. The van der Waals surface area contributed by atoms with Crippen LogP contribution < -0.4 is 19.9 Å². The number of pyridine rings is 1. The van der Waals surface area contributed by atoms with E-state index in [4.69, 9.17) is 4.74 Å². The van der Waals surface area contributed by atoms with Crippen molar-refractivity contribution >= 4 is 23.3 Å². The first-order valence-electron chi connectivity index (χ1n) is 12.0. The lowest BCUT2D eigenvalue weighted by atomic mass is 10.0. The van der Waals surface area contributed by atoms with Crippen molar-refractivity contribution in [1.82, 2.24) is 24.9 Å². The topological polar surface area (TPSA) is 92.2 Å². The molecule has 1 saturated heterocycles. The molecule has 0 saturated carbocycles. The smallest absolute Gasteiger partial charge is 0.225 e. The molecule has 184 valence electrons. The van der Waals surface area contributed by atoms with Crippen molar-refractivity contribution in [2.24, 2.45) is 0 Å². The fraction of sp³-hybridized carbons (Fsp3) is 0.458. The van der Waals surface area contributed by atoms with E-state index in [-0.39, 0.29) is 17.5 Å². The molecule has 3 aromatic rings. The summed E-state index contributed by atoms with van der Waals surface area (Å²) in [5.74, 6) is 0.411. The summed E-state index contributed by atoms with van der Waals surface area (Å²) in [6, 6.07) is 0.239. The second kappa shape index (κ2) is 10.3. The zero-order valence-electron chi connectivity index (χ0n) is 19.6. The minimum Gasteiger partial charge on any atom is -0.486 e. The summed E-state index contributed by atoms with van der Waals surface area (Å²) in [5.41, 5.74) is 0.835. The first kappa shape index (κ1) is 23.1. The molecule has 0 aliphatic carbocycles. The largest absolute Gasteiger partial charge is 0.486 e. The number of piperidine rings is 1. The molecule has 0 amide bonds. The van der Waals surface area contributed by atoms with Gasteiger partial charge < -0.3 is 19.9 Å². The Bertz CT molecular complexity index is 1130. The van der Waals surface area contributed by atoms with Gasteiger partial charge in [0.15, 0.2) is 23.3 Å². The molecule has 0 spiro atoms. The summed E-state index contributed by atoms with van der Waals surface area (Å²) in [7, 11) is 0. The third-order valence-corrected chi connectivity index (χ3v) is 6.36. The molecule has 0 atom stereocenters. The third-order valence-electron chi connectivity index (χ3n) is 6.36. The number of rotatable bonds is 6. The lowest BCUT2D eigenvalue weighted by Crippen LogP contribution is -2.46. The van der Waals surface area contributed by atoms with Crippen LogP contribution in [-0.4, -0.2) is 57.2 Å². The van der Waals surface area contributed by atoms with E-state index in [1.54, 1.807) is 0 Å². The van der Waals surface area contributed by atoms with Gasteiger partial charge in [0, 0.05) is 38.1 Å². The number of hydrogen-bond acceptors (Lipinski definition) is 9. The van der Waals surface area contributed by atoms with E-state index in [9.17, 15) is 8.78 Å². The van der Waals surface area contributed by atoms with E-state index in [0.29, 0.717) is 18.2 Å². The minimum absolute atomic E-state index is 0.226. The molecule has 9 nitrogen and oxygen atoms in total. The van der Waals surface area contributed by atoms with Crippen LogP contribution in [0.1, 0.15) is 38.2 Å². The molecule has 1 N–H and O–H groups in total. The van der Waals surface area contributed by atoms with Gasteiger partial charge in [-0.25, -0.2) is 28.7 Å². The number of halogens is 2. The second-order valence-electron chi connectivity index (χ2n) is 8.73. The van der Waals surface area contributed by atoms with E-state index in [0.717, 1.165) is 75.6 Å². The van der Waals surface area contributed by atoms with Crippen molar-refractivity contribution in [2.45, 2.75) is 45.1 Å². The Hall–Kier alpha value is -3.63. The van der Waals surface area contributed by atoms with Crippen LogP contribution in [-0.2, 0) is 6.42 Å². The van der Waals surface area contributed by atoms with E-state index >= 15 is 0 Å². The molecule has 0 aromatic carbocycles. The molecule has 3 aromatic heterocycles. The summed E-state index contributed by atoms with van der Waals surface area (Å²) in [5, 5.41) is 2.74. The highest BCUT2D eigenvalue weighted by atomic mass is 19.1. The predicted octanol–water partition coefficient (Wildman–Crippen LogP) is 3.89. The minimum atomic E-state index is -0.805. The van der Waals surface area contributed by atoms with Gasteiger partial charge in [-0.05, 0) is 31.2 Å². The summed E-state index contributed by atoms with van der Waals surface area (Å²) in [6.45, 7) is 5.03. The Balaban J connectivity index is 1.33. The maximum Gasteiger partial charge on any atom is 0.225 e. The average molecular weight is 483 g/mol. The van der Waals surface area contributed by atoms with E-state index in [1.807, 2.05) is 12.4 Å². The van der Waals surface area contributed by atoms with Gasteiger partial charge in [-0.2, -0.15) is 0 Å². The molecule has 0 bridgehead atoms. The Morgan fingerprint density at radius 3 is 2.46 bits per heavy atom. The molecule has 5 rings (SSSR count). The average Bonchev–Trinajstić information content (AvgIpc) is 3.10. The lowest BCUT2D eigenvalue weighted by molar-refractivity contribution is 0.321. The van der Waals surface area contributed by atoms with Gasteiger partial charge in [0.05, 0.1) is 19.0 Å². The van der Waals surface area contributed by atoms with Crippen molar-refractivity contribution in [2.75, 3.05) is 41.4 Å². The molecule has 35 heavy (non-hydrogen) atoms. The Morgan fingerprint density at radius 2 is 1.74 bits per heavy atom. The van der Waals surface area contributed by atoms with Crippen LogP contribution in [0, 0.1) is 11.6 Å². The highest BCUT2D eigenvalue weighted by Crippen LogP contribution is 2.38. The van der Waals surface area contributed by atoms with Crippen LogP contribution in [0.15, 0.2) is 31.1 Å². The number of fused-ring (bicyclic) bond motifs is 1. The highest BCUT2D eigenvalue weighted by Gasteiger charge is 2.31. The summed E-state index contributed by atoms with van der Waals surface area (Å²) >= 11 is 0. The van der Waals surface area contributed by atoms with E-state index in [1.165, 1.54) is 6.33 Å². The van der Waals surface area contributed by atoms with E-state index < -0.39 is 11.6 Å². The quantitative estimate of drug-likeness (QED) is 0.562. The lowest BCUT2D eigenvalue weighted by Gasteiger charge is -2.38. The molecule has 1 fully saturated rings. The van der Waals surface area contributed by atoms with Crippen LogP contribution in [0.3, 0.4) is 0 Å². The normalized spacial score (nSPS) is 16.4. The number of aryl methyl sites for hydroxylation is 1. The summed E-state index contributed by atoms with van der Waals surface area (Å²) in [6.07, 6.45) is 11.8. The third kappa shape index (κ3) is 4.94. The van der Waals surface area contributed by atoms with Gasteiger partial charge in [0.1, 0.15) is 12.0 Å². The number of hydrogen-bond donors (Lipinski definition) is 1. The number of nitrogens with one attached hydrogen (secondary N) is 1. The van der Waals surface area contributed by atoms with Crippen molar-refractivity contribution in [3.63, 3.8) is 0 Å².